The Bertz CT molecular complexity index is 1090. The number of carbonyl (C=O) groups is 1. The molecule has 3 N–H and O–H groups in total. The summed E-state index contributed by atoms with van der Waals surface area (Å²) in [6.45, 7) is 1.57. The summed E-state index contributed by atoms with van der Waals surface area (Å²) in [5, 5.41) is 13.6. The third kappa shape index (κ3) is 6.28. The number of rotatable bonds is 5. The van der Waals surface area contributed by atoms with Crippen LogP contribution in [0, 0.1) is 10.1 Å². The van der Waals surface area contributed by atoms with Gasteiger partial charge >= 0.3 is 6.18 Å². The average molecular weight is 462 g/mol. The van der Waals surface area contributed by atoms with Crippen molar-refractivity contribution in [3.63, 3.8) is 0 Å². The first kappa shape index (κ1) is 23.7. The normalized spacial score (nSPS) is 15.0. The van der Waals surface area contributed by atoms with Crippen LogP contribution in [0.1, 0.15) is 35.2 Å². The van der Waals surface area contributed by atoms with E-state index >= 15 is 0 Å². The minimum Gasteiger partial charge on any atom is -0.372 e. The summed E-state index contributed by atoms with van der Waals surface area (Å²) in [4.78, 5) is 32.8. The number of nitro groups is 1. The Morgan fingerprint density at radius 2 is 1.88 bits per heavy atom. The SMILES string of the molecule is NC(=NC=Nc1cccc(C(F)(F)F)c1)NC(=O)c1cc(N2CCCCC2)ccc1[N+](=O)[O-]. The van der Waals surface area contributed by atoms with E-state index in [9.17, 15) is 28.1 Å². The van der Waals surface area contributed by atoms with Crippen LogP contribution < -0.4 is 16.0 Å². The lowest BCUT2D eigenvalue weighted by atomic mass is 10.1. The lowest BCUT2D eigenvalue weighted by Crippen LogP contribution is -2.37. The topological polar surface area (TPSA) is 126 Å². The number of anilines is 1. The molecule has 0 saturated carbocycles. The molecule has 0 aliphatic carbocycles. The van der Waals surface area contributed by atoms with E-state index in [0.717, 1.165) is 50.8 Å². The minimum atomic E-state index is -4.51. The summed E-state index contributed by atoms with van der Waals surface area (Å²) in [6.07, 6.45) is -0.554. The van der Waals surface area contributed by atoms with Gasteiger partial charge in [-0.25, -0.2) is 9.98 Å². The number of alkyl halides is 3. The first-order valence-electron chi connectivity index (χ1n) is 10.0. The monoisotopic (exact) mass is 462 g/mol. The number of nitrogens with zero attached hydrogens (tertiary/aromatic N) is 4. The Balaban J connectivity index is 1.75. The molecule has 1 aliphatic rings. The number of halogens is 3. The smallest absolute Gasteiger partial charge is 0.372 e. The Labute approximate surface area is 187 Å². The van der Waals surface area contributed by atoms with E-state index in [4.69, 9.17) is 5.73 Å². The lowest BCUT2D eigenvalue weighted by Gasteiger charge is -2.29. The van der Waals surface area contributed by atoms with Crippen molar-refractivity contribution in [1.82, 2.24) is 5.32 Å². The summed E-state index contributed by atoms with van der Waals surface area (Å²) >= 11 is 0. The van der Waals surface area contributed by atoms with E-state index in [1.807, 2.05) is 4.90 Å². The number of amides is 1. The van der Waals surface area contributed by atoms with E-state index in [0.29, 0.717) is 5.69 Å². The molecule has 174 valence electrons. The number of benzene rings is 2. The Morgan fingerprint density at radius 1 is 1.15 bits per heavy atom. The highest BCUT2D eigenvalue weighted by Crippen LogP contribution is 2.31. The van der Waals surface area contributed by atoms with E-state index in [1.54, 1.807) is 6.07 Å². The molecule has 1 heterocycles. The number of carbonyl (C=O) groups excluding carboxylic acids is 1. The van der Waals surface area contributed by atoms with Crippen LogP contribution in [0.2, 0.25) is 0 Å². The fourth-order valence-electron chi connectivity index (χ4n) is 3.35. The van der Waals surface area contributed by atoms with E-state index in [2.05, 4.69) is 15.3 Å². The van der Waals surface area contributed by atoms with E-state index in [-0.39, 0.29) is 11.3 Å². The molecule has 12 heteroatoms. The fraction of sp³-hybridized carbons (Fsp3) is 0.286. The highest BCUT2D eigenvalue weighted by Gasteiger charge is 2.30. The molecule has 1 fully saturated rings. The third-order valence-electron chi connectivity index (χ3n) is 4.96. The van der Waals surface area contributed by atoms with Crippen LogP contribution >= 0.6 is 0 Å². The molecule has 0 unspecified atom stereocenters. The highest BCUT2D eigenvalue weighted by atomic mass is 19.4. The van der Waals surface area contributed by atoms with Gasteiger partial charge in [0.05, 0.1) is 16.2 Å². The second-order valence-corrected chi connectivity index (χ2v) is 7.27. The summed E-state index contributed by atoms with van der Waals surface area (Å²) in [5.41, 5.74) is 4.87. The molecule has 1 amide bonds. The van der Waals surface area contributed by atoms with E-state index in [1.165, 1.54) is 24.3 Å². The molecule has 0 radical (unpaired) electrons. The Hall–Kier alpha value is -3.96. The first-order chi connectivity index (χ1) is 15.6. The van der Waals surface area contributed by atoms with E-state index < -0.39 is 34.2 Å². The molecule has 1 aliphatic heterocycles. The molecular formula is C21H21F3N6O3. The molecule has 33 heavy (non-hydrogen) atoms. The standard InChI is InChI=1S/C21H21F3N6O3/c22-21(23,24)14-5-4-6-15(11-14)26-13-27-20(25)28-19(31)17-12-16(7-8-18(17)30(32)33)29-9-2-1-3-10-29/h4-8,11-13H,1-3,9-10H2,(H3,25,26,27,28,31). The molecule has 9 nitrogen and oxygen atoms in total. The number of piperidine rings is 1. The zero-order valence-corrected chi connectivity index (χ0v) is 17.4. The highest BCUT2D eigenvalue weighted by molar-refractivity contribution is 6.09. The van der Waals surface area contributed by atoms with Crippen molar-refractivity contribution < 1.29 is 22.9 Å². The van der Waals surface area contributed by atoms with Crippen molar-refractivity contribution in [3.05, 3.63) is 63.7 Å². The number of nitrogens with two attached hydrogens (primary N) is 1. The maximum atomic E-state index is 12.8. The molecule has 0 spiro atoms. The van der Waals surface area contributed by atoms with Gasteiger partial charge in [-0.1, -0.05) is 6.07 Å². The molecular weight excluding hydrogens is 441 g/mol. The Kier molecular flexibility index (Phi) is 7.26. The van der Waals surface area contributed by atoms with Gasteiger partial charge in [0.15, 0.2) is 0 Å². The van der Waals surface area contributed by atoms with Gasteiger partial charge in [-0.15, -0.1) is 0 Å². The van der Waals surface area contributed by atoms with Crippen molar-refractivity contribution in [2.75, 3.05) is 18.0 Å². The molecule has 2 aromatic rings. The van der Waals surface area contributed by atoms with Gasteiger partial charge in [0, 0.05) is 24.8 Å². The minimum absolute atomic E-state index is 0.0161. The average Bonchev–Trinajstić information content (AvgIpc) is 2.79. The summed E-state index contributed by atoms with van der Waals surface area (Å²) < 4.78 is 38.3. The van der Waals surface area contributed by atoms with Crippen LogP contribution in [0.15, 0.2) is 52.4 Å². The van der Waals surface area contributed by atoms with Crippen molar-refractivity contribution in [3.8, 4) is 0 Å². The predicted octanol–water partition coefficient (Wildman–Crippen LogP) is 4.01. The molecule has 2 aromatic carbocycles. The second kappa shape index (κ2) is 10.1. The lowest BCUT2D eigenvalue weighted by molar-refractivity contribution is -0.385. The molecule has 1 saturated heterocycles. The maximum absolute atomic E-state index is 12.8. The van der Waals surface area contributed by atoms with Crippen molar-refractivity contribution >= 4 is 35.3 Å². The van der Waals surface area contributed by atoms with Gasteiger partial charge < -0.3 is 10.6 Å². The van der Waals surface area contributed by atoms with Crippen molar-refractivity contribution in [2.24, 2.45) is 15.7 Å². The number of nitrogens with one attached hydrogen (secondary N) is 1. The molecule has 0 bridgehead atoms. The van der Waals surface area contributed by atoms with Gasteiger partial charge in [0.2, 0.25) is 5.96 Å². The number of hydrogen-bond donors (Lipinski definition) is 2. The fourth-order valence-corrected chi connectivity index (χ4v) is 3.35. The number of hydrogen-bond acceptors (Lipinski definition) is 5. The first-order valence-corrected chi connectivity index (χ1v) is 10.0. The van der Waals surface area contributed by atoms with Gasteiger partial charge in [0.25, 0.3) is 11.6 Å². The van der Waals surface area contributed by atoms with Crippen LogP contribution in [0.25, 0.3) is 0 Å². The van der Waals surface area contributed by atoms with Gasteiger partial charge in [-0.05, 0) is 49.6 Å². The van der Waals surface area contributed by atoms with Gasteiger partial charge in [-0.2, -0.15) is 13.2 Å². The number of aliphatic imine (C=N–C) groups is 2. The quantitative estimate of drug-likeness (QED) is 0.301. The Morgan fingerprint density at radius 3 is 2.55 bits per heavy atom. The van der Waals surface area contributed by atoms with Gasteiger partial charge in [-0.3, -0.25) is 20.2 Å². The maximum Gasteiger partial charge on any atom is 0.416 e. The molecule has 0 aromatic heterocycles. The van der Waals surface area contributed by atoms with Crippen molar-refractivity contribution in [2.45, 2.75) is 25.4 Å². The summed E-state index contributed by atoms with van der Waals surface area (Å²) in [7, 11) is 0. The zero-order valence-electron chi connectivity index (χ0n) is 17.4. The van der Waals surface area contributed by atoms with Crippen LogP contribution in [0.4, 0.5) is 30.2 Å². The van der Waals surface area contributed by atoms with Crippen LogP contribution in [0.3, 0.4) is 0 Å². The second-order valence-electron chi connectivity index (χ2n) is 7.27. The third-order valence-corrected chi connectivity index (χ3v) is 4.96. The summed E-state index contributed by atoms with van der Waals surface area (Å²) in [5.74, 6) is -1.26. The van der Waals surface area contributed by atoms with Crippen LogP contribution in [0.5, 0.6) is 0 Å². The van der Waals surface area contributed by atoms with Crippen LogP contribution in [-0.4, -0.2) is 36.2 Å². The molecule has 0 atom stereocenters. The van der Waals surface area contributed by atoms with Gasteiger partial charge in [0.1, 0.15) is 11.9 Å². The number of guanidine groups is 1. The number of nitro benzene ring substituents is 1. The van der Waals surface area contributed by atoms with Crippen LogP contribution in [-0.2, 0) is 6.18 Å². The zero-order chi connectivity index (χ0) is 24.0. The van der Waals surface area contributed by atoms with Crippen molar-refractivity contribution in [1.29, 1.82) is 0 Å². The predicted molar refractivity (Wildman–Crippen MR) is 118 cm³/mol. The largest absolute Gasteiger partial charge is 0.416 e. The molecule has 3 rings (SSSR count). The summed E-state index contributed by atoms with van der Waals surface area (Å²) in [6, 6.07) is 8.56.